The van der Waals surface area contributed by atoms with Crippen LogP contribution in [0.4, 0.5) is 5.13 Å². The first-order valence-corrected chi connectivity index (χ1v) is 12.6. The summed E-state index contributed by atoms with van der Waals surface area (Å²) in [5.41, 5.74) is 2.90. The van der Waals surface area contributed by atoms with Gasteiger partial charge in [-0.1, -0.05) is 69.2 Å². The number of hydrogen-bond acceptors (Lipinski definition) is 6. The summed E-state index contributed by atoms with van der Waals surface area (Å²) in [6.07, 6.45) is 0. The smallest absolute Gasteiger partial charge is 0.301 e. The highest BCUT2D eigenvalue weighted by Crippen LogP contribution is 2.45. The van der Waals surface area contributed by atoms with E-state index in [1.54, 1.807) is 12.1 Å². The second-order valence-electron chi connectivity index (χ2n) is 8.15. The molecule has 0 radical (unpaired) electrons. The summed E-state index contributed by atoms with van der Waals surface area (Å²) in [5, 5.41) is 11.6. The number of thiazole rings is 1. The molecule has 4 aromatic rings. The van der Waals surface area contributed by atoms with Crippen molar-refractivity contribution < 1.29 is 19.4 Å². The molecule has 2 heterocycles. The third-order valence-corrected chi connectivity index (χ3v) is 7.31. The van der Waals surface area contributed by atoms with Crippen LogP contribution in [0.3, 0.4) is 0 Å². The SMILES string of the molecule is CCOc1ccc2nc(N3C(=O)C(=O)C(=C(O)c4ccc(C)cc4)C3c3cccc(Br)c3)sc2c1. The van der Waals surface area contributed by atoms with Gasteiger partial charge in [0.05, 0.1) is 28.4 Å². The van der Waals surface area contributed by atoms with E-state index in [2.05, 4.69) is 20.9 Å². The van der Waals surface area contributed by atoms with Gasteiger partial charge in [0.1, 0.15) is 11.5 Å². The van der Waals surface area contributed by atoms with Crippen molar-refractivity contribution in [2.75, 3.05) is 11.5 Å². The van der Waals surface area contributed by atoms with Gasteiger partial charge in [-0.05, 0) is 49.7 Å². The number of Topliss-reactive ketones (excluding diaryl/α,β-unsaturated/α-hetero) is 1. The van der Waals surface area contributed by atoms with E-state index in [-0.39, 0.29) is 11.3 Å². The van der Waals surface area contributed by atoms with Crippen LogP contribution in [0.25, 0.3) is 16.0 Å². The molecule has 176 valence electrons. The van der Waals surface area contributed by atoms with Gasteiger partial charge in [-0.2, -0.15) is 0 Å². The van der Waals surface area contributed by atoms with Gasteiger partial charge in [0.25, 0.3) is 5.78 Å². The summed E-state index contributed by atoms with van der Waals surface area (Å²) in [7, 11) is 0. The van der Waals surface area contributed by atoms with Crippen LogP contribution in [0.2, 0.25) is 0 Å². The Labute approximate surface area is 214 Å². The van der Waals surface area contributed by atoms with Crippen molar-refractivity contribution in [1.29, 1.82) is 0 Å². The molecular weight excluding hydrogens is 528 g/mol. The number of aliphatic hydroxyl groups excluding tert-OH is 1. The number of fused-ring (bicyclic) bond motifs is 1. The molecule has 5 rings (SSSR count). The zero-order valence-electron chi connectivity index (χ0n) is 19.0. The van der Waals surface area contributed by atoms with Crippen LogP contribution >= 0.6 is 27.3 Å². The minimum atomic E-state index is -0.833. The summed E-state index contributed by atoms with van der Waals surface area (Å²) in [6.45, 7) is 4.38. The van der Waals surface area contributed by atoms with E-state index >= 15 is 0 Å². The number of halogens is 1. The molecule has 8 heteroatoms. The number of rotatable bonds is 5. The molecule has 0 bridgehead atoms. The quantitative estimate of drug-likeness (QED) is 0.177. The lowest BCUT2D eigenvalue weighted by Crippen LogP contribution is -2.29. The maximum absolute atomic E-state index is 13.4. The summed E-state index contributed by atoms with van der Waals surface area (Å²) in [6, 6.07) is 19.2. The van der Waals surface area contributed by atoms with Crippen LogP contribution in [0.1, 0.15) is 29.7 Å². The van der Waals surface area contributed by atoms with Gasteiger partial charge in [0.2, 0.25) is 0 Å². The van der Waals surface area contributed by atoms with Crippen molar-refractivity contribution in [1.82, 2.24) is 4.98 Å². The van der Waals surface area contributed by atoms with Crippen LogP contribution in [0, 0.1) is 6.92 Å². The van der Waals surface area contributed by atoms with E-state index in [0.717, 1.165) is 14.7 Å². The van der Waals surface area contributed by atoms with Crippen LogP contribution in [-0.2, 0) is 9.59 Å². The Kier molecular flexibility index (Phi) is 6.17. The van der Waals surface area contributed by atoms with E-state index in [1.807, 2.05) is 68.4 Å². The maximum Gasteiger partial charge on any atom is 0.301 e. The summed E-state index contributed by atoms with van der Waals surface area (Å²) in [4.78, 5) is 32.8. The average Bonchev–Trinajstić information content (AvgIpc) is 3.37. The summed E-state index contributed by atoms with van der Waals surface area (Å²) < 4.78 is 7.22. The number of ether oxygens (including phenoxy) is 1. The second kappa shape index (κ2) is 9.28. The van der Waals surface area contributed by atoms with Crippen LogP contribution in [0.5, 0.6) is 5.75 Å². The van der Waals surface area contributed by atoms with E-state index < -0.39 is 17.7 Å². The number of amides is 1. The van der Waals surface area contributed by atoms with Gasteiger partial charge in [0.15, 0.2) is 5.13 Å². The van der Waals surface area contributed by atoms with E-state index in [1.165, 1.54) is 16.2 Å². The number of anilines is 1. The Hall–Kier alpha value is -3.49. The Morgan fingerprint density at radius 3 is 2.60 bits per heavy atom. The molecule has 0 aliphatic carbocycles. The van der Waals surface area contributed by atoms with Gasteiger partial charge in [-0.3, -0.25) is 14.5 Å². The lowest BCUT2D eigenvalue weighted by molar-refractivity contribution is -0.132. The Morgan fingerprint density at radius 1 is 1.11 bits per heavy atom. The van der Waals surface area contributed by atoms with Crippen molar-refractivity contribution in [3.05, 3.63) is 93.5 Å². The fourth-order valence-corrected chi connectivity index (χ4v) is 5.58. The Bertz CT molecular complexity index is 1490. The molecule has 1 fully saturated rings. The zero-order valence-corrected chi connectivity index (χ0v) is 21.4. The molecule has 1 aliphatic rings. The molecule has 3 aromatic carbocycles. The van der Waals surface area contributed by atoms with Crippen molar-refractivity contribution in [2.24, 2.45) is 0 Å². The average molecular weight is 549 g/mol. The number of nitrogens with zero attached hydrogens (tertiary/aromatic N) is 2. The fourth-order valence-electron chi connectivity index (χ4n) is 4.14. The van der Waals surface area contributed by atoms with Gasteiger partial charge >= 0.3 is 5.91 Å². The molecule has 35 heavy (non-hydrogen) atoms. The van der Waals surface area contributed by atoms with E-state index in [9.17, 15) is 14.7 Å². The molecule has 1 amide bonds. The van der Waals surface area contributed by atoms with Gasteiger partial charge < -0.3 is 9.84 Å². The van der Waals surface area contributed by atoms with Gasteiger partial charge in [-0.15, -0.1) is 0 Å². The standard InChI is InChI=1S/C27H21BrN2O4S/c1-3-34-19-11-12-20-21(14-19)35-27(29-20)30-23(17-5-4-6-18(28)13-17)22(25(32)26(30)33)24(31)16-9-7-15(2)8-10-16/h4-14,23,31H,3H2,1-2H3. The predicted molar refractivity (Wildman–Crippen MR) is 141 cm³/mol. The van der Waals surface area contributed by atoms with Crippen LogP contribution in [0.15, 0.2) is 76.8 Å². The molecule has 1 aliphatic heterocycles. The third kappa shape index (κ3) is 4.24. The molecule has 6 nitrogen and oxygen atoms in total. The lowest BCUT2D eigenvalue weighted by Gasteiger charge is -2.23. The number of ketones is 1. The monoisotopic (exact) mass is 548 g/mol. The summed E-state index contributed by atoms with van der Waals surface area (Å²) in [5.74, 6) is -0.981. The number of aliphatic hydroxyl groups is 1. The molecule has 0 spiro atoms. The number of benzene rings is 3. The summed E-state index contributed by atoms with van der Waals surface area (Å²) >= 11 is 4.78. The highest BCUT2D eigenvalue weighted by atomic mass is 79.9. The zero-order chi connectivity index (χ0) is 24.7. The normalized spacial score (nSPS) is 17.3. The number of carbonyl (C=O) groups is 2. The second-order valence-corrected chi connectivity index (χ2v) is 10.1. The topological polar surface area (TPSA) is 79.7 Å². The number of hydrogen-bond donors (Lipinski definition) is 1. The van der Waals surface area contributed by atoms with Gasteiger partial charge in [-0.25, -0.2) is 4.98 Å². The number of aromatic nitrogens is 1. The fraction of sp³-hybridized carbons (Fsp3) is 0.148. The largest absolute Gasteiger partial charge is 0.507 e. The molecule has 1 atom stereocenters. The molecule has 1 N–H and O–H groups in total. The van der Waals surface area contributed by atoms with Crippen molar-refractivity contribution in [3.8, 4) is 5.75 Å². The first-order chi connectivity index (χ1) is 16.9. The number of carbonyl (C=O) groups excluding carboxylic acids is 2. The van der Waals surface area contributed by atoms with Crippen molar-refractivity contribution >= 4 is 60.1 Å². The molecule has 0 saturated carbocycles. The van der Waals surface area contributed by atoms with Crippen molar-refractivity contribution in [3.63, 3.8) is 0 Å². The first kappa shape index (κ1) is 23.3. The molecular formula is C27H21BrN2O4S. The number of aryl methyl sites for hydroxylation is 1. The third-order valence-electron chi connectivity index (χ3n) is 5.80. The minimum absolute atomic E-state index is 0.0335. The molecule has 1 unspecified atom stereocenters. The van der Waals surface area contributed by atoms with E-state index in [0.29, 0.717) is 34.1 Å². The lowest BCUT2D eigenvalue weighted by atomic mass is 9.95. The van der Waals surface area contributed by atoms with Crippen molar-refractivity contribution in [2.45, 2.75) is 19.9 Å². The molecule has 1 saturated heterocycles. The van der Waals surface area contributed by atoms with E-state index in [4.69, 9.17) is 4.74 Å². The van der Waals surface area contributed by atoms with Crippen LogP contribution < -0.4 is 9.64 Å². The minimum Gasteiger partial charge on any atom is -0.507 e. The maximum atomic E-state index is 13.4. The van der Waals surface area contributed by atoms with Crippen LogP contribution in [-0.4, -0.2) is 28.4 Å². The van der Waals surface area contributed by atoms with Gasteiger partial charge in [0, 0.05) is 10.0 Å². The predicted octanol–water partition coefficient (Wildman–Crippen LogP) is 6.39. The Morgan fingerprint density at radius 2 is 1.89 bits per heavy atom. The Balaban J connectivity index is 1.70. The highest BCUT2D eigenvalue weighted by Gasteiger charge is 2.48. The first-order valence-electron chi connectivity index (χ1n) is 11.0. The molecule has 1 aromatic heterocycles. The highest BCUT2D eigenvalue weighted by molar-refractivity contribution is 9.10.